The van der Waals surface area contributed by atoms with Crippen LogP contribution in [0.1, 0.15) is 39.0 Å². The second kappa shape index (κ2) is 4.34. The van der Waals surface area contributed by atoms with Gasteiger partial charge in [0, 0.05) is 12.1 Å². The molecule has 2 rings (SSSR count). The Hall–Kier alpha value is -0.610. The lowest BCUT2D eigenvalue weighted by atomic mass is 9.96. The van der Waals surface area contributed by atoms with Crippen molar-refractivity contribution in [2.75, 3.05) is 13.6 Å². The van der Waals surface area contributed by atoms with Crippen LogP contribution < -0.4 is 11.1 Å². The number of hydrogen-bond donors (Lipinski definition) is 2. The van der Waals surface area contributed by atoms with Crippen molar-refractivity contribution in [2.24, 2.45) is 5.73 Å². The zero-order valence-corrected chi connectivity index (χ0v) is 10.3. The molecule has 0 aromatic rings. The first-order chi connectivity index (χ1) is 7.57. The van der Waals surface area contributed by atoms with Crippen molar-refractivity contribution < 1.29 is 4.79 Å². The van der Waals surface area contributed by atoms with Crippen LogP contribution in [0.2, 0.25) is 0 Å². The lowest BCUT2D eigenvalue weighted by Crippen LogP contribution is -2.55. The molecule has 3 N–H and O–H groups in total. The van der Waals surface area contributed by atoms with E-state index in [1.54, 1.807) is 0 Å². The monoisotopic (exact) mass is 225 g/mol. The highest BCUT2D eigenvalue weighted by atomic mass is 16.1. The molecule has 0 heterocycles. The number of rotatable bonds is 5. The van der Waals surface area contributed by atoms with Crippen molar-refractivity contribution >= 4 is 5.91 Å². The summed E-state index contributed by atoms with van der Waals surface area (Å²) in [6.45, 7) is 3.18. The lowest BCUT2D eigenvalue weighted by molar-refractivity contribution is -0.124. The van der Waals surface area contributed by atoms with Crippen molar-refractivity contribution in [3.05, 3.63) is 0 Å². The largest absolute Gasteiger partial charge is 0.368 e. The Labute approximate surface area is 97.6 Å². The van der Waals surface area contributed by atoms with E-state index >= 15 is 0 Å². The summed E-state index contributed by atoms with van der Waals surface area (Å²) >= 11 is 0. The third-order valence-electron chi connectivity index (χ3n) is 4.14. The number of primary amides is 1. The normalized spacial score (nSPS) is 34.6. The zero-order chi connectivity index (χ0) is 11.8. The second-order valence-corrected chi connectivity index (χ2v) is 5.33. The van der Waals surface area contributed by atoms with E-state index < -0.39 is 5.54 Å². The molecular formula is C12H23N3O. The van der Waals surface area contributed by atoms with Crippen LogP contribution in [0, 0.1) is 0 Å². The molecule has 2 aliphatic carbocycles. The van der Waals surface area contributed by atoms with Gasteiger partial charge in [0.15, 0.2) is 0 Å². The molecule has 2 fully saturated rings. The van der Waals surface area contributed by atoms with Crippen LogP contribution in [0.3, 0.4) is 0 Å². The Morgan fingerprint density at radius 2 is 2.19 bits per heavy atom. The first-order valence-corrected chi connectivity index (χ1v) is 6.35. The number of amides is 1. The Morgan fingerprint density at radius 3 is 2.69 bits per heavy atom. The van der Waals surface area contributed by atoms with Gasteiger partial charge in [-0.1, -0.05) is 6.92 Å². The molecule has 0 radical (unpaired) electrons. The van der Waals surface area contributed by atoms with E-state index in [0.29, 0.717) is 12.1 Å². The van der Waals surface area contributed by atoms with Gasteiger partial charge in [0.05, 0.1) is 5.54 Å². The van der Waals surface area contributed by atoms with E-state index in [0.717, 1.165) is 25.8 Å². The Kier molecular flexibility index (Phi) is 3.22. The van der Waals surface area contributed by atoms with Crippen LogP contribution in [-0.2, 0) is 4.79 Å². The highest BCUT2D eigenvalue weighted by Crippen LogP contribution is 2.35. The average Bonchev–Trinajstić information content (AvgIpc) is 2.94. The summed E-state index contributed by atoms with van der Waals surface area (Å²) in [4.78, 5) is 14.0. The highest BCUT2D eigenvalue weighted by Gasteiger charge is 2.47. The quantitative estimate of drug-likeness (QED) is 0.715. The molecule has 1 amide bonds. The first-order valence-electron chi connectivity index (χ1n) is 6.35. The van der Waals surface area contributed by atoms with Gasteiger partial charge in [-0.05, 0) is 45.7 Å². The molecule has 92 valence electrons. The van der Waals surface area contributed by atoms with Gasteiger partial charge in [0.25, 0.3) is 0 Å². The third kappa shape index (κ3) is 2.23. The van der Waals surface area contributed by atoms with Crippen molar-refractivity contribution in [2.45, 2.75) is 56.7 Å². The van der Waals surface area contributed by atoms with Gasteiger partial charge < -0.3 is 16.0 Å². The fraction of sp³-hybridized carbons (Fsp3) is 0.917. The Balaban J connectivity index is 2.01. The minimum atomic E-state index is -0.421. The van der Waals surface area contributed by atoms with E-state index in [2.05, 4.69) is 24.2 Å². The number of nitrogens with two attached hydrogens (primary N) is 1. The smallest absolute Gasteiger partial charge is 0.237 e. The average molecular weight is 225 g/mol. The van der Waals surface area contributed by atoms with Gasteiger partial charge in [0.2, 0.25) is 5.91 Å². The van der Waals surface area contributed by atoms with Crippen LogP contribution in [0.25, 0.3) is 0 Å². The SMILES string of the molecule is CCN(C)C1CCC(NC2CC2)(C(N)=O)C1. The maximum absolute atomic E-state index is 11.7. The molecule has 4 heteroatoms. The molecule has 0 bridgehead atoms. The summed E-state index contributed by atoms with van der Waals surface area (Å²) in [6, 6.07) is 1.04. The van der Waals surface area contributed by atoms with E-state index in [-0.39, 0.29) is 5.91 Å². The van der Waals surface area contributed by atoms with Crippen molar-refractivity contribution in [1.82, 2.24) is 10.2 Å². The number of hydrogen-bond acceptors (Lipinski definition) is 3. The lowest BCUT2D eigenvalue weighted by Gasteiger charge is -2.29. The predicted octanol–water partition coefficient (Wildman–Crippen LogP) is 0.467. The van der Waals surface area contributed by atoms with Gasteiger partial charge in [-0.25, -0.2) is 0 Å². The molecule has 0 aromatic heterocycles. The van der Waals surface area contributed by atoms with Crippen LogP contribution in [0.5, 0.6) is 0 Å². The Morgan fingerprint density at radius 1 is 1.50 bits per heavy atom. The summed E-state index contributed by atoms with van der Waals surface area (Å²) in [6.07, 6.45) is 5.25. The second-order valence-electron chi connectivity index (χ2n) is 5.33. The van der Waals surface area contributed by atoms with E-state index in [1.807, 2.05) is 0 Å². The number of nitrogens with one attached hydrogen (secondary N) is 1. The summed E-state index contributed by atoms with van der Waals surface area (Å²) in [7, 11) is 2.12. The summed E-state index contributed by atoms with van der Waals surface area (Å²) in [5, 5.41) is 3.47. The minimum Gasteiger partial charge on any atom is -0.368 e. The van der Waals surface area contributed by atoms with Crippen LogP contribution in [0.4, 0.5) is 0 Å². The zero-order valence-electron chi connectivity index (χ0n) is 10.3. The maximum atomic E-state index is 11.7. The summed E-state index contributed by atoms with van der Waals surface area (Å²) < 4.78 is 0. The van der Waals surface area contributed by atoms with Crippen molar-refractivity contribution in [3.8, 4) is 0 Å². The molecule has 16 heavy (non-hydrogen) atoms. The molecule has 0 saturated heterocycles. The molecule has 2 aliphatic rings. The highest BCUT2D eigenvalue weighted by molar-refractivity contribution is 5.85. The van der Waals surface area contributed by atoms with E-state index in [4.69, 9.17) is 5.73 Å². The van der Waals surface area contributed by atoms with Crippen LogP contribution >= 0.6 is 0 Å². The maximum Gasteiger partial charge on any atom is 0.237 e. The molecule has 2 atom stereocenters. The van der Waals surface area contributed by atoms with Gasteiger partial charge >= 0.3 is 0 Å². The molecule has 0 aromatic carbocycles. The molecule has 2 unspecified atom stereocenters. The van der Waals surface area contributed by atoms with E-state index in [9.17, 15) is 4.79 Å². The predicted molar refractivity (Wildman–Crippen MR) is 64.0 cm³/mol. The molecule has 0 aliphatic heterocycles. The number of nitrogens with zero attached hydrogens (tertiary/aromatic N) is 1. The number of carbonyl (C=O) groups is 1. The first kappa shape index (κ1) is 11.9. The van der Waals surface area contributed by atoms with Crippen molar-refractivity contribution in [3.63, 3.8) is 0 Å². The van der Waals surface area contributed by atoms with E-state index in [1.165, 1.54) is 12.8 Å². The summed E-state index contributed by atoms with van der Waals surface area (Å²) in [5.74, 6) is -0.161. The van der Waals surface area contributed by atoms with Crippen molar-refractivity contribution in [1.29, 1.82) is 0 Å². The number of carbonyl (C=O) groups excluding carboxylic acids is 1. The molecular weight excluding hydrogens is 202 g/mol. The minimum absolute atomic E-state index is 0.161. The Bertz CT molecular complexity index is 277. The topological polar surface area (TPSA) is 58.4 Å². The van der Waals surface area contributed by atoms with Crippen LogP contribution in [0.15, 0.2) is 0 Å². The summed E-state index contributed by atoms with van der Waals surface area (Å²) in [5.41, 5.74) is 5.17. The molecule has 4 nitrogen and oxygen atoms in total. The fourth-order valence-electron chi connectivity index (χ4n) is 2.70. The molecule has 0 spiro atoms. The third-order valence-corrected chi connectivity index (χ3v) is 4.14. The molecule has 2 saturated carbocycles. The fourth-order valence-corrected chi connectivity index (χ4v) is 2.70. The standard InChI is InChI=1S/C12H23N3O/c1-3-15(2)10-6-7-12(8-10,11(13)16)14-9-4-5-9/h9-10,14H,3-8H2,1-2H3,(H2,13,16). The van der Waals surface area contributed by atoms with Crippen LogP contribution in [-0.4, -0.2) is 42.0 Å². The van der Waals surface area contributed by atoms with Gasteiger partial charge in [0.1, 0.15) is 0 Å². The van der Waals surface area contributed by atoms with Gasteiger partial charge in [-0.3, -0.25) is 4.79 Å². The van der Waals surface area contributed by atoms with Gasteiger partial charge in [-0.15, -0.1) is 0 Å². The van der Waals surface area contributed by atoms with Gasteiger partial charge in [-0.2, -0.15) is 0 Å².